The van der Waals surface area contributed by atoms with Gasteiger partial charge in [0.25, 0.3) is 0 Å². The van der Waals surface area contributed by atoms with Gasteiger partial charge in [0.15, 0.2) is 5.78 Å². The molecule has 2 nitrogen and oxygen atoms in total. The zero-order valence-corrected chi connectivity index (χ0v) is 9.21. The van der Waals surface area contributed by atoms with Crippen molar-refractivity contribution in [2.75, 3.05) is 0 Å². The second kappa shape index (κ2) is 6.14. The quantitative estimate of drug-likeness (QED) is 0.691. The summed E-state index contributed by atoms with van der Waals surface area (Å²) in [5.74, 6) is 1.07. The number of carbonyl (C=O) groups is 1. The molecule has 0 heterocycles. The Balaban J connectivity index is 3.62. The van der Waals surface area contributed by atoms with E-state index in [0.717, 1.165) is 12.8 Å². The van der Waals surface area contributed by atoms with Gasteiger partial charge in [0, 0.05) is 6.42 Å². The van der Waals surface area contributed by atoms with E-state index in [2.05, 4.69) is 20.8 Å². The Morgan fingerprint density at radius 3 is 2.08 bits per heavy atom. The molecule has 0 aliphatic rings. The highest BCUT2D eigenvalue weighted by Gasteiger charge is 2.13. The Hall–Kier alpha value is -0.370. The van der Waals surface area contributed by atoms with E-state index in [1.54, 1.807) is 0 Å². The number of hydrogen-bond acceptors (Lipinski definition) is 2. The average Bonchev–Trinajstić information content (AvgIpc) is 2.00. The molecule has 2 heteroatoms. The van der Waals surface area contributed by atoms with E-state index in [4.69, 9.17) is 5.11 Å². The van der Waals surface area contributed by atoms with Crippen molar-refractivity contribution in [2.45, 2.75) is 53.1 Å². The Morgan fingerprint density at radius 1 is 1.15 bits per heavy atom. The van der Waals surface area contributed by atoms with Gasteiger partial charge in [-0.1, -0.05) is 33.6 Å². The molecule has 0 radical (unpaired) electrons. The molecule has 0 amide bonds. The van der Waals surface area contributed by atoms with Crippen LogP contribution in [0.1, 0.15) is 47.0 Å². The molecule has 0 aromatic carbocycles. The fourth-order valence-corrected chi connectivity index (χ4v) is 1.23. The number of aliphatic hydroxyl groups is 1. The maximum Gasteiger partial charge on any atom is 0.161 e. The summed E-state index contributed by atoms with van der Waals surface area (Å²) in [5.41, 5.74) is 0. The van der Waals surface area contributed by atoms with Gasteiger partial charge in [0.05, 0.1) is 0 Å². The third-order valence-electron chi connectivity index (χ3n) is 2.25. The fraction of sp³-hybridized carbons (Fsp3) is 0.909. The van der Waals surface area contributed by atoms with Crippen LogP contribution < -0.4 is 0 Å². The SMILES string of the molecule is CC(C)CCC(C)CC(=O)C(C)O. The lowest BCUT2D eigenvalue weighted by molar-refractivity contribution is -0.127. The van der Waals surface area contributed by atoms with Crippen molar-refractivity contribution in [3.63, 3.8) is 0 Å². The lowest BCUT2D eigenvalue weighted by Crippen LogP contribution is -2.18. The van der Waals surface area contributed by atoms with E-state index in [-0.39, 0.29) is 5.78 Å². The number of rotatable bonds is 6. The van der Waals surface area contributed by atoms with Gasteiger partial charge >= 0.3 is 0 Å². The Morgan fingerprint density at radius 2 is 1.69 bits per heavy atom. The number of Topliss-reactive ketones (excluding diaryl/α,β-unsaturated/α-hetero) is 1. The summed E-state index contributed by atoms with van der Waals surface area (Å²) in [6.07, 6.45) is 1.97. The van der Waals surface area contributed by atoms with Crippen LogP contribution in [0.4, 0.5) is 0 Å². The van der Waals surface area contributed by atoms with Crippen molar-refractivity contribution in [3.05, 3.63) is 0 Å². The first-order chi connectivity index (χ1) is 5.93. The average molecular weight is 186 g/mol. The molecule has 2 atom stereocenters. The minimum absolute atomic E-state index is 0.0312. The summed E-state index contributed by atoms with van der Waals surface area (Å²) in [6, 6.07) is 0. The van der Waals surface area contributed by atoms with E-state index in [9.17, 15) is 4.79 Å². The van der Waals surface area contributed by atoms with Crippen molar-refractivity contribution < 1.29 is 9.90 Å². The standard InChI is InChI=1S/C11H22O2/c1-8(2)5-6-9(3)7-11(13)10(4)12/h8-10,12H,5-7H2,1-4H3. The molecule has 0 spiro atoms. The highest BCUT2D eigenvalue weighted by atomic mass is 16.3. The second-order valence-electron chi connectivity index (χ2n) is 4.42. The van der Waals surface area contributed by atoms with Gasteiger partial charge in [-0.3, -0.25) is 4.79 Å². The third kappa shape index (κ3) is 6.76. The summed E-state index contributed by atoms with van der Waals surface area (Å²) in [7, 11) is 0. The van der Waals surface area contributed by atoms with Gasteiger partial charge in [0.2, 0.25) is 0 Å². The monoisotopic (exact) mass is 186 g/mol. The molecule has 0 saturated carbocycles. The molecule has 0 aromatic heterocycles. The van der Waals surface area contributed by atoms with E-state index in [1.165, 1.54) is 6.92 Å². The normalized spacial score (nSPS) is 15.8. The molecule has 0 rings (SSSR count). The van der Waals surface area contributed by atoms with Gasteiger partial charge in [-0.2, -0.15) is 0 Å². The van der Waals surface area contributed by atoms with Gasteiger partial charge in [-0.15, -0.1) is 0 Å². The first kappa shape index (κ1) is 12.6. The van der Waals surface area contributed by atoms with Crippen LogP contribution in [0.15, 0.2) is 0 Å². The molecule has 1 N–H and O–H groups in total. The minimum atomic E-state index is -0.790. The van der Waals surface area contributed by atoms with E-state index >= 15 is 0 Å². The first-order valence-corrected chi connectivity index (χ1v) is 5.14. The molecule has 13 heavy (non-hydrogen) atoms. The Bertz CT molecular complexity index is 150. The maximum absolute atomic E-state index is 11.1. The van der Waals surface area contributed by atoms with Crippen LogP contribution in [0, 0.1) is 11.8 Å². The zero-order chi connectivity index (χ0) is 10.4. The van der Waals surface area contributed by atoms with Crippen molar-refractivity contribution in [3.8, 4) is 0 Å². The molecule has 0 aromatic rings. The van der Waals surface area contributed by atoms with Gasteiger partial charge in [-0.05, 0) is 18.8 Å². The first-order valence-electron chi connectivity index (χ1n) is 5.14. The van der Waals surface area contributed by atoms with Crippen molar-refractivity contribution >= 4 is 5.78 Å². The Labute approximate surface area is 81.3 Å². The summed E-state index contributed by atoms with van der Waals surface area (Å²) in [6.45, 7) is 7.98. The molecule has 0 bridgehead atoms. The molecule has 0 aliphatic carbocycles. The highest BCUT2D eigenvalue weighted by molar-refractivity contribution is 5.82. The third-order valence-corrected chi connectivity index (χ3v) is 2.25. The number of hydrogen-bond donors (Lipinski definition) is 1. The molecular weight excluding hydrogens is 164 g/mol. The van der Waals surface area contributed by atoms with Crippen LogP contribution in [0.3, 0.4) is 0 Å². The van der Waals surface area contributed by atoms with Crippen LogP contribution in [-0.4, -0.2) is 17.0 Å². The topological polar surface area (TPSA) is 37.3 Å². The zero-order valence-electron chi connectivity index (χ0n) is 9.21. The summed E-state index contributed by atoms with van der Waals surface area (Å²) in [4.78, 5) is 11.1. The van der Waals surface area contributed by atoms with Crippen LogP contribution >= 0.6 is 0 Å². The summed E-state index contributed by atoms with van der Waals surface area (Å²) < 4.78 is 0. The molecule has 78 valence electrons. The van der Waals surface area contributed by atoms with Gasteiger partial charge in [-0.25, -0.2) is 0 Å². The van der Waals surface area contributed by atoms with Crippen molar-refractivity contribution in [1.82, 2.24) is 0 Å². The van der Waals surface area contributed by atoms with Crippen LogP contribution in [0.2, 0.25) is 0 Å². The number of ketones is 1. The fourth-order valence-electron chi connectivity index (χ4n) is 1.23. The highest BCUT2D eigenvalue weighted by Crippen LogP contribution is 2.15. The van der Waals surface area contributed by atoms with Gasteiger partial charge < -0.3 is 5.11 Å². The smallest absolute Gasteiger partial charge is 0.161 e. The maximum atomic E-state index is 11.1. The lowest BCUT2D eigenvalue weighted by Gasteiger charge is -2.12. The summed E-state index contributed by atoms with van der Waals surface area (Å²) >= 11 is 0. The number of aliphatic hydroxyl groups excluding tert-OH is 1. The minimum Gasteiger partial charge on any atom is -0.386 e. The lowest BCUT2D eigenvalue weighted by atomic mass is 9.94. The van der Waals surface area contributed by atoms with Crippen LogP contribution in [-0.2, 0) is 4.79 Å². The van der Waals surface area contributed by atoms with Gasteiger partial charge in [0.1, 0.15) is 6.10 Å². The van der Waals surface area contributed by atoms with Crippen LogP contribution in [0.5, 0.6) is 0 Å². The van der Waals surface area contributed by atoms with E-state index in [0.29, 0.717) is 18.3 Å². The Kier molecular flexibility index (Phi) is 5.97. The van der Waals surface area contributed by atoms with Crippen LogP contribution in [0.25, 0.3) is 0 Å². The number of carbonyl (C=O) groups excluding carboxylic acids is 1. The predicted octanol–water partition coefficient (Wildman–Crippen LogP) is 2.40. The summed E-state index contributed by atoms with van der Waals surface area (Å²) in [5, 5.41) is 9.00. The molecule has 0 fully saturated rings. The second-order valence-corrected chi connectivity index (χ2v) is 4.42. The van der Waals surface area contributed by atoms with Crippen molar-refractivity contribution in [2.24, 2.45) is 11.8 Å². The van der Waals surface area contributed by atoms with Crippen molar-refractivity contribution in [1.29, 1.82) is 0 Å². The van der Waals surface area contributed by atoms with E-state index in [1.807, 2.05) is 0 Å². The molecule has 0 saturated heterocycles. The predicted molar refractivity (Wildman–Crippen MR) is 54.5 cm³/mol. The molecule has 0 aliphatic heterocycles. The largest absolute Gasteiger partial charge is 0.386 e. The molecular formula is C11H22O2. The molecule has 2 unspecified atom stereocenters. The van der Waals surface area contributed by atoms with E-state index < -0.39 is 6.10 Å².